The third-order valence-corrected chi connectivity index (χ3v) is 3.13. The lowest BCUT2D eigenvalue weighted by atomic mass is 10.1. The van der Waals surface area contributed by atoms with Gasteiger partial charge in [-0.2, -0.15) is 5.10 Å². The highest BCUT2D eigenvalue weighted by atomic mass is 16.2. The van der Waals surface area contributed by atoms with Crippen molar-refractivity contribution in [3.05, 3.63) is 42.1 Å². The van der Waals surface area contributed by atoms with Crippen molar-refractivity contribution >= 4 is 17.5 Å². The Morgan fingerprint density at radius 2 is 1.95 bits per heavy atom. The monoisotopic (exact) mass is 287 g/mol. The molecule has 112 valence electrons. The van der Waals surface area contributed by atoms with E-state index in [-0.39, 0.29) is 6.03 Å². The Bertz CT molecular complexity index is 590. The number of nitrogens with one attached hydrogen (secondary N) is 3. The molecule has 0 radical (unpaired) electrons. The SMILES string of the molecule is CCNC(C)c1ccc(NC(=O)Nc2ccn(C)n2)cc1. The number of anilines is 2. The summed E-state index contributed by atoms with van der Waals surface area (Å²) in [5, 5.41) is 12.9. The summed E-state index contributed by atoms with van der Waals surface area (Å²) in [7, 11) is 1.80. The third kappa shape index (κ3) is 4.32. The first-order chi connectivity index (χ1) is 10.1. The van der Waals surface area contributed by atoms with Crippen LogP contribution in [0.25, 0.3) is 0 Å². The molecule has 6 nitrogen and oxygen atoms in total. The van der Waals surface area contributed by atoms with Crippen molar-refractivity contribution in [3.8, 4) is 0 Å². The smallest absolute Gasteiger partial charge is 0.310 e. The average molecular weight is 287 g/mol. The molecular weight excluding hydrogens is 266 g/mol. The number of aromatic nitrogens is 2. The molecule has 0 aliphatic rings. The van der Waals surface area contributed by atoms with E-state index in [1.807, 2.05) is 24.3 Å². The first-order valence-electron chi connectivity index (χ1n) is 6.99. The van der Waals surface area contributed by atoms with Crippen LogP contribution in [0.3, 0.4) is 0 Å². The normalized spacial score (nSPS) is 12.0. The summed E-state index contributed by atoms with van der Waals surface area (Å²) >= 11 is 0. The van der Waals surface area contributed by atoms with E-state index in [9.17, 15) is 4.79 Å². The second kappa shape index (κ2) is 6.90. The fourth-order valence-electron chi connectivity index (χ4n) is 2.04. The van der Waals surface area contributed by atoms with E-state index in [1.54, 1.807) is 24.0 Å². The van der Waals surface area contributed by atoms with E-state index < -0.39 is 0 Å². The lowest BCUT2D eigenvalue weighted by Crippen LogP contribution is -2.20. The summed E-state index contributed by atoms with van der Waals surface area (Å²) in [6, 6.07) is 9.52. The minimum absolute atomic E-state index is 0.298. The van der Waals surface area contributed by atoms with E-state index in [4.69, 9.17) is 0 Å². The van der Waals surface area contributed by atoms with E-state index in [0.717, 1.165) is 12.2 Å². The number of urea groups is 1. The third-order valence-electron chi connectivity index (χ3n) is 3.13. The number of carbonyl (C=O) groups excluding carboxylic acids is 1. The summed E-state index contributed by atoms with van der Waals surface area (Å²) < 4.78 is 1.63. The number of aryl methyl sites for hydroxylation is 1. The molecule has 0 fully saturated rings. The molecule has 2 rings (SSSR count). The maximum atomic E-state index is 11.8. The Balaban J connectivity index is 1.92. The van der Waals surface area contributed by atoms with Crippen LogP contribution in [-0.2, 0) is 7.05 Å². The molecule has 0 bridgehead atoms. The van der Waals surface area contributed by atoms with Crippen molar-refractivity contribution < 1.29 is 4.79 Å². The molecule has 0 saturated heterocycles. The van der Waals surface area contributed by atoms with E-state index in [0.29, 0.717) is 11.9 Å². The van der Waals surface area contributed by atoms with Gasteiger partial charge < -0.3 is 10.6 Å². The largest absolute Gasteiger partial charge is 0.324 e. The molecule has 6 heteroatoms. The van der Waals surface area contributed by atoms with Crippen molar-refractivity contribution in [2.24, 2.45) is 7.05 Å². The molecule has 1 heterocycles. The maximum Gasteiger partial charge on any atom is 0.324 e. The zero-order chi connectivity index (χ0) is 15.2. The standard InChI is InChI=1S/C15H21N5O/c1-4-16-11(2)12-5-7-13(8-6-12)17-15(21)18-14-9-10-20(3)19-14/h5-11,16H,4H2,1-3H3,(H2,17,18,19,21). The Labute approximate surface area is 124 Å². The van der Waals surface area contributed by atoms with Gasteiger partial charge in [0.05, 0.1) is 0 Å². The Morgan fingerprint density at radius 3 is 2.52 bits per heavy atom. The molecule has 1 aromatic heterocycles. The number of amides is 2. The molecule has 2 amide bonds. The predicted octanol–water partition coefficient (Wildman–Crippen LogP) is 2.73. The van der Waals surface area contributed by atoms with Gasteiger partial charge in [-0.25, -0.2) is 4.79 Å². The number of rotatable bonds is 5. The molecule has 0 saturated carbocycles. The molecule has 21 heavy (non-hydrogen) atoms. The maximum absolute atomic E-state index is 11.8. The highest BCUT2D eigenvalue weighted by molar-refractivity contribution is 5.99. The van der Waals surface area contributed by atoms with Crippen LogP contribution in [0.5, 0.6) is 0 Å². The minimum Gasteiger partial charge on any atom is -0.310 e. The van der Waals surface area contributed by atoms with Crippen LogP contribution in [0.1, 0.15) is 25.5 Å². The van der Waals surface area contributed by atoms with Crippen LogP contribution in [-0.4, -0.2) is 22.4 Å². The quantitative estimate of drug-likeness (QED) is 0.792. The fraction of sp³-hybridized carbons (Fsp3) is 0.333. The summed E-state index contributed by atoms with van der Waals surface area (Å²) in [6.45, 7) is 5.11. The molecule has 1 atom stereocenters. The van der Waals surface area contributed by atoms with Crippen LogP contribution in [0.2, 0.25) is 0 Å². The number of benzene rings is 1. The second-order valence-corrected chi connectivity index (χ2v) is 4.86. The van der Waals surface area contributed by atoms with Gasteiger partial charge in [-0.05, 0) is 31.2 Å². The van der Waals surface area contributed by atoms with E-state index in [1.165, 1.54) is 5.56 Å². The van der Waals surface area contributed by atoms with Crippen molar-refractivity contribution in [2.45, 2.75) is 19.9 Å². The van der Waals surface area contributed by atoms with Gasteiger partial charge >= 0.3 is 6.03 Å². The van der Waals surface area contributed by atoms with Gasteiger partial charge in [-0.1, -0.05) is 19.1 Å². The van der Waals surface area contributed by atoms with Gasteiger partial charge in [0.1, 0.15) is 0 Å². The van der Waals surface area contributed by atoms with Crippen LogP contribution in [0.4, 0.5) is 16.3 Å². The fourth-order valence-corrected chi connectivity index (χ4v) is 2.04. The van der Waals surface area contributed by atoms with Crippen LogP contribution in [0, 0.1) is 0 Å². The molecule has 1 unspecified atom stereocenters. The lowest BCUT2D eigenvalue weighted by molar-refractivity contribution is 0.262. The number of nitrogens with zero attached hydrogens (tertiary/aromatic N) is 2. The lowest BCUT2D eigenvalue weighted by Gasteiger charge is -2.13. The summed E-state index contributed by atoms with van der Waals surface area (Å²) in [5.74, 6) is 0.521. The number of hydrogen-bond acceptors (Lipinski definition) is 3. The minimum atomic E-state index is -0.304. The Kier molecular flexibility index (Phi) is 4.94. The first-order valence-corrected chi connectivity index (χ1v) is 6.99. The highest BCUT2D eigenvalue weighted by Crippen LogP contribution is 2.16. The summed E-state index contributed by atoms with van der Waals surface area (Å²) in [4.78, 5) is 11.8. The van der Waals surface area contributed by atoms with Crippen molar-refractivity contribution in [1.82, 2.24) is 15.1 Å². The van der Waals surface area contributed by atoms with Gasteiger partial charge in [0.15, 0.2) is 5.82 Å². The van der Waals surface area contributed by atoms with Crippen LogP contribution < -0.4 is 16.0 Å². The van der Waals surface area contributed by atoms with E-state index >= 15 is 0 Å². The van der Waals surface area contributed by atoms with Gasteiger partial charge in [0.25, 0.3) is 0 Å². The van der Waals surface area contributed by atoms with E-state index in [2.05, 4.69) is 34.9 Å². The van der Waals surface area contributed by atoms with Crippen LogP contribution >= 0.6 is 0 Å². The van der Waals surface area contributed by atoms with Gasteiger partial charge in [0.2, 0.25) is 0 Å². The Morgan fingerprint density at radius 1 is 1.24 bits per heavy atom. The number of hydrogen-bond donors (Lipinski definition) is 3. The van der Waals surface area contributed by atoms with Gasteiger partial charge in [-0.3, -0.25) is 10.00 Å². The molecule has 1 aromatic carbocycles. The molecule has 0 spiro atoms. The summed E-state index contributed by atoms with van der Waals surface area (Å²) in [6.07, 6.45) is 1.77. The average Bonchev–Trinajstić information content (AvgIpc) is 2.85. The second-order valence-electron chi connectivity index (χ2n) is 4.86. The molecule has 0 aliphatic carbocycles. The zero-order valence-corrected chi connectivity index (χ0v) is 12.6. The van der Waals surface area contributed by atoms with Gasteiger partial charge in [-0.15, -0.1) is 0 Å². The van der Waals surface area contributed by atoms with Crippen molar-refractivity contribution in [2.75, 3.05) is 17.2 Å². The van der Waals surface area contributed by atoms with Crippen molar-refractivity contribution in [1.29, 1.82) is 0 Å². The molecular formula is C15H21N5O. The number of carbonyl (C=O) groups is 1. The highest BCUT2D eigenvalue weighted by Gasteiger charge is 2.06. The first kappa shape index (κ1) is 15.1. The van der Waals surface area contributed by atoms with Crippen molar-refractivity contribution in [3.63, 3.8) is 0 Å². The molecule has 0 aliphatic heterocycles. The zero-order valence-electron chi connectivity index (χ0n) is 12.6. The predicted molar refractivity (Wildman–Crippen MR) is 84.4 cm³/mol. The molecule has 3 N–H and O–H groups in total. The summed E-state index contributed by atoms with van der Waals surface area (Å²) in [5.41, 5.74) is 1.93. The molecule has 2 aromatic rings. The van der Waals surface area contributed by atoms with Crippen LogP contribution in [0.15, 0.2) is 36.5 Å². The van der Waals surface area contributed by atoms with Gasteiger partial charge in [0, 0.05) is 31.0 Å². The Hall–Kier alpha value is -2.34. The topological polar surface area (TPSA) is 71.0 Å².